The Morgan fingerprint density at radius 2 is 1.33 bits per heavy atom. The van der Waals surface area contributed by atoms with E-state index in [2.05, 4.69) is 33.9 Å². The van der Waals surface area contributed by atoms with E-state index >= 15 is 0 Å². The van der Waals surface area contributed by atoms with Crippen molar-refractivity contribution in [2.45, 2.75) is 64.0 Å². The van der Waals surface area contributed by atoms with Gasteiger partial charge in [0.15, 0.2) is 8.32 Å². The molecule has 0 saturated heterocycles. The highest BCUT2D eigenvalue weighted by Gasteiger charge is 2.40. The lowest BCUT2D eigenvalue weighted by atomic mass is 9.98. The van der Waals surface area contributed by atoms with Gasteiger partial charge in [-0.25, -0.2) is 0 Å². The number of non-ortho nitro benzene ring substituents is 2. The van der Waals surface area contributed by atoms with Gasteiger partial charge in [0.1, 0.15) is 5.78 Å². The molecule has 0 heterocycles. The number of rotatable bonds is 10. The fourth-order valence-electron chi connectivity index (χ4n) is 3.01. The van der Waals surface area contributed by atoms with Gasteiger partial charge in [-0.05, 0) is 53.5 Å². The summed E-state index contributed by atoms with van der Waals surface area (Å²) < 4.78 is 6.48. The Bertz CT molecular complexity index is 999. The van der Waals surface area contributed by atoms with Crippen LogP contribution in [0.15, 0.2) is 48.5 Å². The quantitative estimate of drug-likeness (QED) is 0.267. The molecule has 0 aliphatic carbocycles. The van der Waals surface area contributed by atoms with E-state index in [4.69, 9.17) is 4.43 Å². The molecule has 0 amide bonds. The zero-order chi connectivity index (χ0) is 25.0. The monoisotopic (exact) mass is 474 g/mol. The summed E-state index contributed by atoms with van der Waals surface area (Å²) in [6.45, 7) is 10.3. The highest BCUT2D eigenvalue weighted by molar-refractivity contribution is 6.74. The van der Waals surface area contributed by atoms with Crippen molar-refractivity contribution in [2.75, 3.05) is 0 Å². The second-order valence-electron chi connectivity index (χ2n) is 9.53. The van der Waals surface area contributed by atoms with Crippen molar-refractivity contribution < 1.29 is 24.2 Å². The molecule has 9 nitrogen and oxygen atoms in total. The maximum Gasteiger partial charge on any atom is 0.269 e. The first-order valence-corrected chi connectivity index (χ1v) is 13.5. The minimum absolute atomic E-state index is 0.00559. The van der Waals surface area contributed by atoms with Crippen LogP contribution in [0, 0.1) is 20.2 Å². The van der Waals surface area contributed by atoms with Crippen molar-refractivity contribution in [1.29, 1.82) is 0 Å². The van der Waals surface area contributed by atoms with E-state index in [1.165, 1.54) is 36.4 Å². The van der Waals surface area contributed by atoms with Crippen LogP contribution in [0.5, 0.6) is 0 Å². The summed E-state index contributed by atoms with van der Waals surface area (Å²) in [5.74, 6) is -0.247. The number of carbonyl (C=O) groups excluding carboxylic acids is 1. The number of hydrogen-bond donors (Lipinski definition) is 1. The third-order valence-electron chi connectivity index (χ3n) is 6.04. The van der Waals surface area contributed by atoms with E-state index in [0.29, 0.717) is 11.1 Å². The van der Waals surface area contributed by atoms with Gasteiger partial charge in [0, 0.05) is 37.1 Å². The summed E-state index contributed by atoms with van der Waals surface area (Å²) in [5, 5.41) is 32.1. The Labute approximate surface area is 193 Å². The van der Waals surface area contributed by atoms with Gasteiger partial charge < -0.3 is 9.53 Å². The minimum Gasteiger partial charge on any atom is -0.409 e. The SMILES string of the molecule is CC(C)(C)[Si](C)(C)O[C@@H](CC(=O)C[C@H](O)c1ccc([N+](=O)[O-])cc1)c1ccc([N+](=O)[O-])cc1. The number of Topliss-reactive ketones (excluding diaryl/α,β-unsaturated/α-hetero) is 1. The standard InChI is InChI=1S/C23H30N2O7Si/c1-23(2,3)33(4,5)32-22(17-8-12-19(13-9-17)25(30)31)15-20(26)14-21(27)16-6-10-18(11-7-16)24(28)29/h6-13,21-22,27H,14-15H2,1-5H3/t21-,22-/m0/s1. The first-order chi connectivity index (χ1) is 15.2. The van der Waals surface area contributed by atoms with Crippen molar-refractivity contribution in [2.24, 2.45) is 0 Å². The smallest absolute Gasteiger partial charge is 0.269 e. The molecule has 0 fully saturated rings. The van der Waals surface area contributed by atoms with E-state index in [0.717, 1.165) is 0 Å². The fraction of sp³-hybridized carbons (Fsp3) is 0.435. The summed E-state index contributed by atoms with van der Waals surface area (Å²) in [4.78, 5) is 33.6. The van der Waals surface area contributed by atoms with Crippen molar-refractivity contribution in [3.8, 4) is 0 Å². The lowest BCUT2D eigenvalue weighted by Gasteiger charge is -2.39. The Hall–Kier alpha value is -2.95. The molecule has 10 heteroatoms. The lowest BCUT2D eigenvalue weighted by Crippen LogP contribution is -2.42. The van der Waals surface area contributed by atoms with Crippen LogP contribution in [0.4, 0.5) is 11.4 Å². The van der Waals surface area contributed by atoms with Crippen molar-refractivity contribution >= 4 is 25.5 Å². The van der Waals surface area contributed by atoms with E-state index < -0.39 is 30.4 Å². The van der Waals surface area contributed by atoms with Crippen molar-refractivity contribution in [3.05, 3.63) is 79.9 Å². The van der Waals surface area contributed by atoms with Gasteiger partial charge in [0.25, 0.3) is 11.4 Å². The van der Waals surface area contributed by atoms with Gasteiger partial charge in [0.05, 0.1) is 22.1 Å². The minimum atomic E-state index is -2.29. The van der Waals surface area contributed by atoms with Crippen LogP contribution in [0.25, 0.3) is 0 Å². The van der Waals surface area contributed by atoms with E-state index in [9.17, 15) is 30.1 Å². The van der Waals surface area contributed by atoms with Gasteiger partial charge in [-0.2, -0.15) is 0 Å². The fourth-order valence-corrected chi connectivity index (χ4v) is 4.30. The lowest BCUT2D eigenvalue weighted by molar-refractivity contribution is -0.385. The summed E-state index contributed by atoms with van der Waals surface area (Å²) in [7, 11) is -2.29. The molecule has 2 aromatic carbocycles. The Morgan fingerprint density at radius 3 is 1.73 bits per heavy atom. The Balaban J connectivity index is 2.21. The molecule has 0 aromatic heterocycles. The van der Waals surface area contributed by atoms with Gasteiger partial charge in [-0.1, -0.05) is 20.8 Å². The molecule has 0 aliphatic rings. The van der Waals surface area contributed by atoms with Crippen molar-refractivity contribution in [1.82, 2.24) is 0 Å². The maximum absolute atomic E-state index is 12.9. The number of aliphatic hydroxyl groups is 1. The number of benzene rings is 2. The number of nitrogens with zero attached hydrogens (tertiary/aromatic N) is 2. The molecule has 2 atom stereocenters. The van der Waals surface area contributed by atoms with Crippen LogP contribution in [0.3, 0.4) is 0 Å². The van der Waals surface area contributed by atoms with E-state index in [-0.39, 0.29) is 35.0 Å². The first-order valence-electron chi connectivity index (χ1n) is 10.6. The molecule has 0 unspecified atom stereocenters. The van der Waals surface area contributed by atoms with Crippen LogP contribution in [0.1, 0.15) is 56.9 Å². The molecule has 0 spiro atoms. The second-order valence-corrected chi connectivity index (χ2v) is 14.3. The van der Waals surface area contributed by atoms with Gasteiger partial charge in [0.2, 0.25) is 0 Å². The number of carbonyl (C=O) groups is 1. The summed E-state index contributed by atoms with van der Waals surface area (Å²) >= 11 is 0. The van der Waals surface area contributed by atoms with Gasteiger partial charge in [-0.15, -0.1) is 0 Å². The molecular weight excluding hydrogens is 444 g/mol. The number of aliphatic hydroxyl groups excluding tert-OH is 1. The molecule has 1 N–H and O–H groups in total. The van der Waals surface area contributed by atoms with Crippen LogP contribution in [-0.2, 0) is 9.22 Å². The maximum atomic E-state index is 12.9. The number of nitro groups is 2. The predicted octanol–water partition coefficient (Wildman–Crippen LogP) is 5.65. The number of nitro benzene ring substituents is 2. The topological polar surface area (TPSA) is 133 Å². The number of hydrogen-bond acceptors (Lipinski definition) is 7. The average Bonchev–Trinajstić information content (AvgIpc) is 2.72. The second kappa shape index (κ2) is 10.3. The number of ketones is 1. The van der Waals surface area contributed by atoms with Gasteiger partial charge >= 0.3 is 0 Å². The molecule has 178 valence electrons. The molecule has 0 aliphatic heterocycles. The molecule has 0 saturated carbocycles. The molecule has 33 heavy (non-hydrogen) atoms. The Morgan fingerprint density at radius 1 is 0.909 bits per heavy atom. The largest absolute Gasteiger partial charge is 0.409 e. The van der Waals surface area contributed by atoms with Crippen LogP contribution < -0.4 is 0 Å². The zero-order valence-electron chi connectivity index (χ0n) is 19.5. The zero-order valence-corrected chi connectivity index (χ0v) is 20.5. The molecule has 0 radical (unpaired) electrons. The third kappa shape index (κ3) is 7.01. The highest BCUT2D eigenvalue weighted by atomic mass is 28.4. The van der Waals surface area contributed by atoms with E-state index in [1.54, 1.807) is 12.1 Å². The van der Waals surface area contributed by atoms with E-state index in [1.807, 2.05) is 0 Å². The summed E-state index contributed by atoms with van der Waals surface area (Å²) in [6.07, 6.45) is -1.90. The van der Waals surface area contributed by atoms with Crippen molar-refractivity contribution in [3.63, 3.8) is 0 Å². The normalized spacial score (nSPS) is 13.9. The molecule has 0 bridgehead atoms. The predicted molar refractivity (Wildman–Crippen MR) is 126 cm³/mol. The van der Waals surface area contributed by atoms with Crippen LogP contribution >= 0.6 is 0 Å². The first kappa shape index (κ1) is 26.3. The summed E-state index contributed by atoms with van der Waals surface area (Å²) in [6, 6.07) is 11.4. The molecule has 2 aromatic rings. The third-order valence-corrected chi connectivity index (χ3v) is 10.5. The summed E-state index contributed by atoms with van der Waals surface area (Å²) in [5.41, 5.74) is 0.915. The molecular formula is C23H30N2O7Si. The van der Waals surface area contributed by atoms with Crippen LogP contribution in [0.2, 0.25) is 18.1 Å². The molecule has 2 rings (SSSR count). The highest BCUT2D eigenvalue weighted by Crippen LogP contribution is 2.41. The Kier molecular flexibility index (Phi) is 8.23. The van der Waals surface area contributed by atoms with Crippen LogP contribution in [-0.4, -0.2) is 29.1 Å². The van der Waals surface area contributed by atoms with Gasteiger partial charge in [-0.3, -0.25) is 25.0 Å². The average molecular weight is 475 g/mol.